The molecule has 0 aliphatic rings. The molecule has 0 aliphatic heterocycles. The summed E-state index contributed by atoms with van der Waals surface area (Å²) in [5, 5.41) is 5.93. The van der Waals surface area contributed by atoms with Crippen molar-refractivity contribution in [1.82, 2.24) is 10.6 Å². The van der Waals surface area contributed by atoms with Crippen LogP contribution in [0.2, 0.25) is 5.02 Å². The number of carbonyl (C=O) groups excluding carboxylic acids is 3. The molecule has 34 heavy (non-hydrogen) atoms. The van der Waals surface area contributed by atoms with Crippen molar-refractivity contribution in [2.45, 2.75) is 32.7 Å². The highest BCUT2D eigenvalue weighted by atomic mass is 35.5. The van der Waals surface area contributed by atoms with Crippen LogP contribution in [0.25, 0.3) is 0 Å². The van der Waals surface area contributed by atoms with Crippen LogP contribution in [0.3, 0.4) is 0 Å². The number of halogens is 1. The van der Waals surface area contributed by atoms with Crippen molar-refractivity contribution in [3.63, 3.8) is 0 Å². The topological polar surface area (TPSA) is 103 Å². The first-order chi connectivity index (χ1) is 16.3. The Bertz CT molecular complexity index is 980. The number of amides is 2. The van der Waals surface area contributed by atoms with Crippen LogP contribution < -0.4 is 20.1 Å². The predicted octanol–water partition coefficient (Wildman–Crippen LogP) is 3.40. The van der Waals surface area contributed by atoms with E-state index < -0.39 is 30.4 Å². The number of methoxy groups -OCH3 is 2. The summed E-state index contributed by atoms with van der Waals surface area (Å²) >= 11 is 5.86. The van der Waals surface area contributed by atoms with E-state index in [2.05, 4.69) is 10.6 Å². The fourth-order valence-corrected chi connectivity index (χ4v) is 3.28. The molecule has 184 valence electrons. The molecule has 2 atom stereocenters. The highest BCUT2D eigenvalue weighted by Crippen LogP contribution is 2.27. The van der Waals surface area contributed by atoms with E-state index in [0.29, 0.717) is 41.5 Å². The van der Waals surface area contributed by atoms with Crippen LogP contribution in [0.4, 0.5) is 0 Å². The van der Waals surface area contributed by atoms with E-state index in [9.17, 15) is 14.4 Å². The third kappa shape index (κ3) is 7.95. The molecule has 0 saturated heterocycles. The molecule has 2 aromatic rings. The van der Waals surface area contributed by atoms with Gasteiger partial charge in [0.25, 0.3) is 11.8 Å². The number of benzene rings is 2. The van der Waals surface area contributed by atoms with E-state index in [4.69, 9.17) is 25.8 Å². The summed E-state index contributed by atoms with van der Waals surface area (Å²) in [4.78, 5) is 37.3. The Morgan fingerprint density at radius 1 is 1.00 bits per heavy atom. The molecule has 2 aromatic carbocycles. The molecule has 2 unspecified atom stereocenters. The lowest BCUT2D eigenvalue weighted by Gasteiger charge is -2.22. The van der Waals surface area contributed by atoms with E-state index >= 15 is 0 Å². The van der Waals surface area contributed by atoms with Gasteiger partial charge in [-0.3, -0.25) is 9.59 Å². The molecule has 9 heteroatoms. The molecule has 0 aliphatic carbocycles. The average Bonchev–Trinajstić information content (AvgIpc) is 2.85. The Balaban J connectivity index is 1.85. The van der Waals surface area contributed by atoms with Gasteiger partial charge in [-0.05, 0) is 54.3 Å². The summed E-state index contributed by atoms with van der Waals surface area (Å²) in [5.41, 5.74) is 1.33. The largest absolute Gasteiger partial charge is 0.493 e. The summed E-state index contributed by atoms with van der Waals surface area (Å²) in [7, 11) is 3.12. The predicted molar refractivity (Wildman–Crippen MR) is 129 cm³/mol. The first-order valence-corrected chi connectivity index (χ1v) is 11.4. The maximum atomic E-state index is 12.6. The molecule has 0 saturated carbocycles. The number of ether oxygens (including phenoxy) is 3. The number of hydrogen-bond acceptors (Lipinski definition) is 6. The Morgan fingerprint density at radius 3 is 2.29 bits per heavy atom. The number of carbonyl (C=O) groups is 3. The monoisotopic (exact) mass is 490 g/mol. The van der Waals surface area contributed by atoms with Crippen molar-refractivity contribution >= 4 is 29.4 Å². The van der Waals surface area contributed by atoms with Gasteiger partial charge in [-0.25, -0.2) is 4.79 Å². The van der Waals surface area contributed by atoms with E-state index in [1.165, 1.54) is 0 Å². The van der Waals surface area contributed by atoms with Gasteiger partial charge in [0.1, 0.15) is 6.04 Å². The highest BCUT2D eigenvalue weighted by molar-refractivity contribution is 6.30. The van der Waals surface area contributed by atoms with Crippen LogP contribution in [0, 0.1) is 5.92 Å². The lowest BCUT2D eigenvalue weighted by Crippen LogP contribution is -2.46. The highest BCUT2D eigenvalue weighted by Gasteiger charge is 2.28. The fourth-order valence-electron chi connectivity index (χ4n) is 3.15. The van der Waals surface area contributed by atoms with Crippen molar-refractivity contribution in [2.24, 2.45) is 5.92 Å². The summed E-state index contributed by atoms with van der Waals surface area (Å²) in [5.74, 6) is -0.458. The van der Waals surface area contributed by atoms with E-state index in [-0.39, 0.29) is 5.92 Å². The minimum absolute atomic E-state index is 0.183. The Hall–Kier alpha value is -3.26. The quantitative estimate of drug-likeness (QED) is 0.442. The van der Waals surface area contributed by atoms with Gasteiger partial charge < -0.3 is 24.8 Å². The lowest BCUT2D eigenvalue weighted by atomic mass is 9.99. The van der Waals surface area contributed by atoms with Crippen molar-refractivity contribution in [2.75, 3.05) is 27.4 Å². The number of rotatable bonds is 12. The third-order valence-electron chi connectivity index (χ3n) is 5.39. The second kappa shape index (κ2) is 13.4. The first kappa shape index (κ1) is 27.0. The van der Waals surface area contributed by atoms with Crippen molar-refractivity contribution in [3.8, 4) is 11.5 Å². The summed E-state index contributed by atoms with van der Waals surface area (Å²) in [6, 6.07) is 11.0. The SMILES string of the molecule is CCC(C)C(NC(=O)c1ccc(Cl)cc1)C(=O)OCC(=O)NCCc1ccc(OC)c(OC)c1. The minimum Gasteiger partial charge on any atom is -0.493 e. The molecule has 0 bridgehead atoms. The third-order valence-corrected chi connectivity index (χ3v) is 5.64. The second-order valence-electron chi connectivity index (χ2n) is 7.74. The first-order valence-electron chi connectivity index (χ1n) is 11.0. The van der Waals surface area contributed by atoms with Crippen LogP contribution in [0.1, 0.15) is 36.2 Å². The number of hydrogen-bond donors (Lipinski definition) is 2. The molecule has 0 spiro atoms. The molecule has 0 radical (unpaired) electrons. The molecule has 8 nitrogen and oxygen atoms in total. The molecular formula is C25H31ClN2O6. The van der Waals surface area contributed by atoms with Crippen LogP contribution in [-0.2, 0) is 20.7 Å². The second-order valence-corrected chi connectivity index (χ2v) is 8.18. The van der Waals surface area contributed by atoms with Gasteiger partial charge in [0.15, 0.2) is 18.1 Å². The maximum Gasteiger partial charge on any atom is 0.329 e. The van der Waals surface area contributed by atoms with Crippen LogP contribution >= 0.6 is 11.6 Å². The smallest absolute Gasteiger partial charge is 0.329 e. The van der Waals surface area contributed by atoms with Crippen molar-refractivity contribution in [1.29, 1.82) is 0 Å². The number of nitrogens with one attached hydrogen (secondary N) is 2. The maximum absolute atomic E-state index is 12.6. The molecule has 2 rings (SSSR count). The Kier molecular flexibility index (Phi) is 10.7. The Labute approximate surface area is 204 Å². The van der Waals surface area contributed by atoms with Crippen LogP contribution in [0.15, 0.2) is 42.5 Å². The zero-order valence-corrected chi connectivity index (χ0v) is 20.6. The van der Waals surface area contributed by atoms with Gasteiger partial charge in [0.2, 0.25) is 0 Å². The minimum atomic E-state index is -0.882. The summed E-state index contributed by atoms with van der Waals surface area (Å²) in [6.07, 6.45) is 1.20. The standard InChI is InChI=1S/C25H31ClN2O6/c1-5-16(2)23(28-24(30)18-7-9-19(26)10-8-18)25(31)34-15-22(29)27-13-12-17-6-11-20(32-3)21(14-17)33-4/h6-11,14,16,23H,5,12-13,15H2,1-4H3,(H,27,29)(H,28,30). The molecule has 0 fully saturated rings. The van der Waals surface area contributed by atoms with Crippen LogP contribution in [-0.4, -0.2) is 51.2 Å². The molecule has 0 aromatic heterocycles. The van der Waals surface area contributed by atoms with Crippen molar-refractivity contribution < 1.29 is 28.6 Å². The summed E-state index contributed by atoms with van der Waals surface area (Å²) in [6.45, 7) is 3.65. The van der Waals surface area contributed by atoms with E-state index in [1.54, 1.807) is 44.6 Å². The molecule has 0 heterocycles. The average molecular weight is 491 g/mol. The molecular weight excluding hydrogens is 460 g/mol. The zero-order chi connectivity index (χ0) is 25.1. The van der Waals surface area contributed by atoms with Gasteiger partial charge in [-0.2, -0.15) is 0 Å². The van der Waals surface area contributed by atoms with Gasteiger partial charge in [0, 0.05) is 17.1 Å². The van der Waals surface area contributed by atoms with Gasteiger partial charge in [-0.15, -0.1) is 0 Å². The normalized spacial score (nSPS) is 12.3. The fraction of sp³-hybridized carbons (Fsp3) is 0.400. The number of esters is 1. The van der Waals surface area contributed by atoms with E-state index in [0.717, 1.165) is 5.56 Å². The van der Waals surface area contributed by atoms with Gasteiger partial charge in [-0.1, -0.05) is 37.9 Å². The van der Waals surface area contributed by atoms with Crippen molar-refractivity contribution in [3.05, 3.63) is 58.6 Å². The molecule has 2 amide bonds. The van der Waals surface area contributed by atoms with Crippen LogP contribution in [0.5, 0.6) is 11.5 Å². The lowest BCUT2D eigenvalue weighted by molar-refractivity contribution is -0.151. The van der Waals surface area contributed by atoms with Gasteiger partial charge in [0.05, 0.1) is 14.2 Å². The zero-order valence-electron chi connectivity index (χ0n) is 19.9. The van der Waals surface area contributed by atoms with E-state index in [1.807, 2.05) is 26.0 Å². The Morgan fingerprint density at radius 2 is 1.68 bits per heavy atom. The summed E-state index contributed by atoms with van der Waals surface area (Å²) < 4.78 is 15.7. The molecule has 2 N–H and O–H groups in total. The van der Waals surface area contributed by atoms with Gasteiger partial charge >= 0.3 is 5.97 Å².